The highest BCUT2D eigenvalue weighted by molar-refractivity contribution is 5.02. The molecule has 2 heterocycles. The van der Waals surface area contributed by atoms with E-state index >= 15 is 0 Å². The van der Waals surface area contributed by atoms with Crippen LogP contribution in [-0.2, 0) is 6.54 Å². The van der Waals surface area contributed by atoms with E-state index in [1.807, 2.05) is 12.4 Å². The minimum Gasteiger partial charge on any atom is -0.310 e. The van der Waals surface area contributed by atoms with Gasteiger partial charge in [0.25, 0.3) is 0 Å². The quantitative estimate of drug-likeness (QED) is 0.886. The fraction of sp³-hybridized carbons (Fsp3) is 0.714. The predicted octanol–water partition coefficient (Wildman–Crippen LogP) is 1.83. The second-order valence-electron chi connectivity index (χ2n) is 6.06. The number of hydrogen-bond acceptors (Lipinski definition) is 4. The van der Waals surface area contributed by atoms with Crippen LogP contribution in [0.4, 0.5) is 0 Å². The molecule has 1 fully saturated rings. The number of nitrogens with zero attached hydrogens (tertiary/aromatic N) is 3. The van der Waals surface area contributed by atoms with Gasteiger partial charge < -0.3 is 5.32 Å². The topological polar surface area (TPSA) is 41.0 Å². The molecule has 0 saturated carbocycles. The molecule has 2 rings (SSSR count). The van der Waals surface area contributed by atoms with E-state index in [2.05, 4.69) is 41.0 Å². The van der Waals surface area contributed by atoms with Crippen molar-refractivity contribution in [3.8, 4) is 0 Å². The van der Waals surface area contributed by atoms with Crippen LogP contribution >= 0.6 is 0 Å². The summed E-state index contributed by atoms with van der Waals surface area (Å²) in [4.78, 5) is 10.6. The standard InChI is InChI=1S/C14H24N4/c1-14(2,3)18-6-4-13(5-7-18)17-10-12-8-15-11-16-9-12/h8-9,11,13,17H,4-7,10H2,1-3H3. The summed E-state index contributed by atoms with van der Waals surface area (Å²) in [6, 6.07) is 0.629. The molecule has 100 valence electrons. The van der Waals surface area contributed by atoms with Crippen molar-refractivity contribution >= 4 is 0 Å². The van der Waals surface area contributed by atoms with Gasteiger partial charge in [0.2, 0.25) is 0 Å². The lowest BCUT2D eigenvalue weighted by molar-refractivity contribution is 0.0960. The van der Waals surface area contributed by atoms with Crippen molar-refractivity contribution in [2.75, 3.05) is 13.1 Å². The molecule has 0 radical (unpaired) electrons. The molecule has 18 heavy (non-hydrogen) atoms. The van der Waals surface area contributed by atoms with E-state index in [1.165, 1.54) is 25.9 Å². The Labute approximate surface area is 110 Å². The highest BCUT2D eigenvalue weighted by Gasteiger charge is 2.26. The second kappa shape index (κ2) is 5.76. The van der Waals surface area contributed by atoms with Gasteiger partial charge in [-0.05, 0) is 33.6 Å². The molecule has 0 aliphatic carbocycles. The van der Waals surface area contributed by atoms with Crippen molar-refractivity contribution in [3.63, 3.8) is 0 Å². The maximum absolute atomic E-state index is 4.03. The van der Waals surface area contributed by atoms with Crippen LogP contribution in [0.25, 0.3) is 0 Å². The summed E-state index contributed by atoms with van der Waals surface area (Å²) in [5, 5.41) is 3.60. The lowest BCUT2D eigenvalue weighted by Crippen LogP contribution is -2.49. The lowest BCUT2D eigenvalue weighted by atomic mass is 9.98. The van der Waals surface area contributed by atoms with E-state index in [4.69, 9.17) is 0 Å². The summed E-state index contributed by atoms with van der Waals surface area (Å²) < 4.78 is 0. The molecule has 0 aromatic carbocycles. The van der Waals surface area contributed by atoms with Gasteiger partial charge >= 0.3 is 0 Å². The largest absolute Gasteiger partial charge is 0.310 e. The van der Waals surface area contributed by atoms with Gasteiger partial charge in [-0.3, -0.25) is 4.90 Å². The Kier molecular flexibility index (Phi) is 4.30. The molecule has 1 aliphatic rings. The van der Waals surface area contributed by atoms with Gasteiger partial charge in [-0.2, -0.15) is 0 Å². The monoisotopic (exact) mass is 248 g/mol. The van der Waals surface area contributed by atoms with Crippen LogP contribution in [0.5, 0.6) is 0 Å². The summed E-state index contributed by atoms with van der Waals surface area (Å²) in [5.74, 6) is 0. The lowest BCUT2D eigenvalue weighted by Gasteiger charge is -2.41. The van der Waals surface area contributed by atoms with Crippen molar-refractivity contribution < 1.29 is 0 Å². The Morgan fingerprint density at radius 1 is 1.22 bits per heavy atom. The first-order chi connectivity index (χ1) is 8.55. The van der Waals surface area contributed by atoms with E-state index in [-0.39, 0.29) is 0 Å². The number of rotatable bonds is 3. The Morgan fingerprint density at radius 3 is 2.39 bits per heavy atom. The van der Waals surface area contributed by atoms with Gasteiger partial charge in [-0.25, -0.2) is 9.97 Å². The van der Waals surface area contributed by atoms with Crippen molar-refractivity contribution in [1.82, 2.24) is 20.2 Å². The minimum absolute atomic E-state index is 0.304. The van der Waals surface area contributed by atoms with Crippen LogP contribution in [0.1, 0.15) is 39.2 Å². The number of hydrogen-bond donors (Lipinski definition) is 1. The highest BCUT2D eigenvalue weighted by Crippen LogP contribution is 2.20. The van der Waals surface area contributed by atoms with Crippen molar-refractivity contribution in [2.24, 2.45) is 0 Å². The zero-order valence-corrected chi connectivity index (χ0v) is 11.7. The van der Waals surface area contributed by atoms with Gasteiger partial charge in [0.05, 0.1) is 0 Å². The van der Waals surface area contributed by atoms with Gasteiger partial charge in [-0.15, -0.1) is 0 Å². The smallest absolute Gasteiger partial charge is 0.115 e. The molecular formula is C14H24N4. The highest BCUT2D eigenvalue weighted by atomic mass is 15.2. The summed E-state index contributed by atoms with van der Waals surface area (Å²) in [6.45, 7) is 10.1. The maximum Gasteiger partial charge on any atom is 0.115 e. The molecule has 1 N–H and O–H groups in total. The van der Waals surface area contributed by atoms with Crippen LogP contribution in [-0.4, -0.2) is 39.5 Å². The predicted molar refractivity (Wildman–Crippen MR) is 73.2 cm³/mol. The van der Waals surface area contributed by atoms with E-state index in [9.17, 15) is 0 Å². The fourth-order valence-corrected chi connectivity index (χ4v) is 2.44. The number of nitrogens with one attached hydrogen (secondary N) is 1. The molecule has 4 nitrogen and oxygen atoms in total. The summed E-state index contributed by atoms with van der Waals surface area (Å²) in [5.41, 5.74) is 1.47. The summed E-state index contributed by atoms with van der Waals surface area (Å²) in [6.07, 6.45) is 7.79. The molecule has 0 bridgehead atoms. The van der Waals surface area contributed by atoms with Gasteiger partial charge in [0.15, 0.2) is 0 Å². The molecule has 0 atom stereocenters. The Balaban J connectivity index is 1.74. The number of aromatic nitrogens is 2. The normalized spacial score (nSPS) is 19.1. The van der Waals surface area contributed by atoms with Crippen LogP contribution in [0.15, 0.2) is 18.7 Å². The Morgan fingerprint density at radius 2 is 1.83 bits per heavy atom. The van der Waals surface area contributed by atoms with Gasteiger partial charge in [0.1, 0.15) is 6.33 Å². The summed E-state index contributed by atoms with van der Waals surface area (Å²) >= 11 is 0. The average Bonchev–Trinajstić information content (AvgIpc) is 2.37. The van der Waals surface area contributed by atoms with E-state index in [1.54, 1.807) is 6.33 Å². The van der Waals surface area contributed by atoms with E-state index in [0.717, 1.165) is 12.1 Å². The van der Waals surface area contributed by atoms with Crippen molar-refractivity contribution in [2.45, 2.75) is 51.7 Å². The van der Waals surface area contributed by atoms with E-state index < -0.39 is 0 Å². The maximum atomic E-state index is 4.03. The molecule has 1 aromatic rings. The number of likely N-dealkylation sites (tertiary alicyclic amines) is 1. The molecule has 1 aliphatic heterocycles. The molecule has 4 heteroatoms. The second-order valence-corrected chi connectivity index (χ2v) is 6.06. The average molecular weight is 248 g/mol. The van der Waals surface area contributed by atoms with Gasteiger partial charge in [-0.1, -0.05) is 0 Å². The zero-order chi connectivity index (χ0) is 13.0. The summed E-state index contributed by atoms with van der Waals surface area (Å²) in [7, 11) is 0. The first kappa shape index (κ1) is 13.4. The van der Waals surface area contributed by atoms with Gasteiger partial charge in [0, 0.05) is 49.2 Å². The first-order valence-electron chi connectivity index (χ1n) is 6.78. The van der Waals surface area contributed by atoms with E-state index in [0.29, 0.717) is 11.6 Å². The zero-order valence-electron chi connectivity index (χ0n) is 11.7. The molecule has 0 unspecified atom stereocenters. The van der Waals surface area contributed by atoms with Crippen LogP contribution in [0.2, 0.25) is 0 Å². The molecule has 0 amide bonds. The van der Waals surface area contributed by atoms with Crippen LogP contribution in [0, 0.1) is 0 Å². The third-order valence-corrected chi connectivity index (χ3v) is 3.65. The Hall–Kier alpha value is -1.00. The fourth-order valence-electron chi connectivity index (χ4n) is 2.44. The molecule has 1 saturated heterocycles. The molecule has 0 spiro atoms. The molecule has 1 aromatic heterocycles. The van der Waals surface area contributed by atoms with Crippen molar-refractivity contribution in [3.05, 3.63) is 24.3 Å². The van der Waals surface area contributed by atoms with Crippen LogP contribution < -0.4 is 5.32 Å². The van der Waals surface area contributed by atoms with Crippen LogP contribution in [0.3, 0.4) is 0 Å². The Bertz CT molecular complexity index is 350. The minimum atomic E-state index is 0.304. The number of piperidine rings is 1. The third kappa shape index (κ3) is 3.75. The molecular weight excluding hydrogens is 224 g/mol. The first-order valence-corrected chi connectivity index (χ1v) is 6.78. The third-order valence-electron chi connectivity index (χ3n) is 3.65. The SMILES string of the molecule is CC(C)(C)N1CCC(NCc2cncnc2)CC1. The van der Waals surface area contributed by atoms with Crippen molar-refractivity contribution in [1.29, 1.82) is 0 Å².